The maximum absolute atomic E-state index is 13.9. The highest BCUT2D eigenvalue weighted by Gasteiger charge is 2.50. The normalized spacial score (nSPS) is 21.9. The van der Waals surface area contributed by atoms with Gasteiger partial charge in [0.15, 0.2) is 5.82 Å². The number of carbonyl (C=O) groups excluding carboxylic acids is 1. The SMILES string of the molecule is CC1C2C=C(c3ccc4[nH]nc(-c5nc6c(-c7cccc(F)c7)cncc6[nH]5)c4c3)C=C(NC(=O)C3CC3)C12. The minimum Gasteiger partial charge on any atom is -0.335 e. The maximum Gasteiger partial charge on any atom is 0.227 e. The Morgan fingerprint density at radius 3 is 2.82 bits per heavy atom. The number of carbonyl (C=O) groups is 1. The van der Waals surface area contributed by atoms with Crippen LogP contribution in [0.3, 0.4) is 0 Å². The van der Waals surface area contributed by atoms with Gasteiger partial charge in [0.2, 0.25) is 5.91 Å². The number of hydrogen-bond donors (Lipinski definition) is 3. The van der Waals surface area contributed by atoms with Crippen molar-refractivity contribution in [2.24, 2.45) is 23.7 Å². The molecule has 5 aromatic rings. The molecule has 0 radical (unpaired) electrons. The summed E-state index contributed by atoms with van der Waals surface area (Å²) in [6.07, 6.45) is 9.89. The third-order valence-electron chi connectivity index (χ3n) is 8.36. The van der Waals surface area contributed by atoms with Gasteiger partial charge in [-0.15, -0.1) is 0 Å². The Hall–Kier alpha value is -4.59. The largest absolute Gasteiger partial charge is 0.335 e. The molecule has 2 aromatic carbocycles. The van der Waals surface area contributed by atoms with Gasteiger partial charge in [-0.2, -0.15) is 5.10 Å². The first-order valence-electron chi connectivity index (χ1n) is 13.4. The van der Waals surface area contributed by atoms with Gasteiger partial charge in [0, 0.05) is 34.7 Å². The molecule has 0 bridgehead atoms. The zero-order chi connectivity index (χ0) is 26.2. The predicted molar refractivity (Wildman–Crippen MR) is 147 cm³/mol. The quantitative estimate of drug-likeness (QED) is 0.267. The van der Waals surface area contributed by atoms with Crippen LogP contribution in [0.1, 0.15) is 25.3 Å². The Balaban J connectivity index is 1.19. The fourth-order valence-corrected chi connectivity index (χ4v) is 5.93. The number of aromatic amines is 2. The molecule has 39 heavy (non-hydrogen) atoms. The summed E-state index contributed by atoms with van der Waals surface area (Å²) in [7, 11) is 0. The van der Waals surface area contributed by atoms with Crippen LogP contribution in [0, 0.1) is 29.5 Å². The molecule has 2 saturated carbocycles. The molecule has 3 aliphatic carbocycles. The number of benzene rings is 2. The minimum atomic E-state index is -0.306. The number of allylic oxidation sites excluding steroid dienone is 4. The van der Waals surface area contributed by atoms with Gasteiger partial charge in [0.05, 0.1) is 22.7 Å². The van der Waals surface area contributed by atoms with Crippen molar-refractivity contribution in [1.82, 2.24) is 30.5 Å². The Bertz CT molecular complexity index is 1880. The van der Waals surface area contributed by atoms with Crippen molar-refractivity contribution in [2.75, 3.05) is 0 Å². The summed E-state index contributed by atoms with van der Waals surface area (Å²) in [6.45, 7) is 2.25. The number of amides is 1. The van der Waals surface area contributed by atoms with Gasteiger partial charge >= 0.3 is 0 Å². The van der Waals surface area contributed by atoms with Crippen molar-refractivity contribution in [2.45, 2.75) is 19.8 Å². The summed E-state index contributed by atoms with van der Waals surface area (Å²) < 4.78 is 13.9. The number of nitrogens with one attached hydrogen (secondary N) is 3. The third kappa shape index (κ3) is 3.70. The lowest BCUT2D eigenvalue weighted by molar-refractivity contribution is -0.121. The number of imidazole rings is 1. The molecule has 8 rings (SSSR count). The van der Waals surface area contributed by atoms with E-state index in [1.165, 1.54) is 12.1 Å². The minimum absolute atomic E-state index is 0.157. The Labute approximate surface area is 223 Å². The van der Waals surface area contributed by atoms with Gasteiger partial charge in [-0.25, -0.2) is 9.37 Å². The van der Waals surface area contributed by atoms with Crippen LogP contribution >= 0.6 is 0 Å². The predicted octanol–water partition coefficient (Wildman–Crippen LogP) is 6.00. The molecule has 3 heterocycles. The smallest absolute Gasteiger partial charge is 0.227 e. The molecule has 0 saturated heterocycles. The molecule has 3 aliphatic rings. The molecule has 7 nitrogen and oxygen atoms in total. The Morgan fingerprint density at radius 1 is 1.08 bits per heavy atom. The number of H-pyrrole nitrogens is 2. The van der Waals surface area contributed by atoms with E-state index in [0.29, 0.717) is 40.4 Å². The van der Waals surface area contributed by atoms with Gasteiger partial charge in [0.1, 0.15) is 11.5 Å². The second-order valence-electron chi connectivity index (χ2n) is 11.0. The summed E-state index contributed by atoms with van der Waals surface area (Å²) in [6, 6.07) is 12.7. The van der Waals surface area contributed by atoms with E-state index in [9.17, 15) is 9.18 Å². The van der Waals surface area contributed by atoms with Crippen molar-refractivity contribution in [3.63, 3.8) is 0 Å². The lowest BCUT2D eigenvalue weighted by Crippen LogP contribution is -2.26. The highest BCUT2D eigenvalue weighted by atomic mass is 19.1. The molecule has 3 aromatic heterocycles. The van der Waals surface area contributed by atoms with Gasteiger partial charge in [-0.3, -0.25) is 14.9 Å². The van der Waals surface area contributed by atoms with E-state index in [2.05, 4.69) is 56.7 Å². The number of rotatable bonds is 5. The van der Waals surface area contributed by atoms with E-state index in [1.54, 1.807) is 18.5 Å². The Kier molecular flexibility index (Phi) is 4.71. The van der Waals surface area contributed by atoms with E-state index in [4.69, 9.17) is 4.98 Å². The van der Waals surface area contributed by atoms with Crippen LogP contribution in [0.15, 0.2) is 72.7 Å². The zero-order valence-electron chi connectivity index (χ0n) is 21.2. The van der Waals surface area contributed by atoms with Crippen LogP contribution in [0.25, 0.3) is 50.2 Å². The van der Waals surface area contributed by atoms with Gasteiger partial charge in [0.25, 0.3) is 0 Å². The van der Waals surface area contributed by atoms with Crippen LogP contribution in [-0.4, -0.2) is 31.1 Å². The lowest BCUT2D eigenvalue weighted by Gasteiger charge is -2.15. The summed E-state index contributed by atoms with van der Waals surface area (Å²) in [5.41, 5.74) is 7.76. The number of pyridine rings is 1. The molecule has 0 aliphatic heterocycles. The average molecular weight is 517 g/mol. The number of fused-ring (bicyclic) bond motifs is 3. The average Bonchev–Trinajstić information content (AvgIpc) is 3.80. The molecular weight excluding hydrogens is 491 g/mol. The molecule has 3 unspecified atom stereocenters. The van der Waals surface area contributed by atoms with E-state index in [0.717, 1.165) is 51.7 Å². The monoisotopic (exact) mass is 516 g/mol. The molecule has 2 fully saturated rings. The van der Waals surface area contributed by atoms with Gasteiger partial charge < -0.3 is 10.3 Å². The Morgan fingerprint density at radius 2 is 1.97 bits per heavy atom. The maximum atomic E-state index is 13.9. The van der Waals surface area contributed by atoms with Crippen molar-refractivity contribution in [3.8, 4) is 22.6 Å². The van der Waals surface area contributed by atoms with Crippen molar-refractivity contribution < 1.29 is 9.18 Å². The van der Waals surface area contributed by atoms with Crippen LogP contribution in [0.4, 0.5) is 4.39 Å². The standard InChI is InChI=1S/C31H25FN6O/c1-15-21-11-19(12-25(27(15)21)35-31(39)16-5-6-16)17-7-8-24-22(10-17)29(38-37-24)30-34-26-14-33-13-23(28(26)36-30)18-3-2-4-20(32)9-18/h2-4,7-16,21,27H,5-6H2,1H3,(H,34,36)(H,35,39)(H,37,38). The highest BCUT2D eigenvalue weighted by molar-refractivity contribution is 5.98. The van der Waals surface area contributed by atoms with E-state index in [-0.39, 0.29) is 17.6 Å². The number of halogens is 1. The van der Waals surface area contributed by atoms with Crippen molar-refractivity contribution >= 4 is 33.4 Å². The molecule has 3 atom stereocenters. The lowest BCUT2D eigenvalue weighted by atomic mass is 9.96. The third-order valence-corrected chi connectivity index (χ3v) is 8.36. The molecule has 8 heteroatoms. The summed E-state index contributed by atoms with van der Waals surface area (Å²) in [5, 5.41) is 11.9. The number of hydrogen-bond acceptors (Lipinski definition) is 4. The van der Waals surface area contributed by atoms with Gasteiger partial charge in [-0.1, -0.05) is 31.2 Å². The second-order valence-corrected chi connectivity index (χ2v) is 11.0. The summed E-state index contributed by atoms with van der Waals surface area (Å²) in [4.78, 5) is 25.1. The molecule has 192 valence electrons. The fraction of sp³-hybridized carbons (Fsp3) is 0.226. The number of nitrogens with zero attached hydrogens (tertiary/aromatic N) is 3. The zero-order valence-corrected chi connectivity index (χ0v) is 21.2. The van der Waals surface area contributed by atoms with Gasteiger partial charge in [-0.05, 0) is 71.7 Å². The summed E-state index contributed by atoms with van der Waals surface area (Å²) in [5.74, 6) is 2.02. The van der Waals surface area contributed by atoms with Crippen molar-refractivity contribution in [3.05, 3.63) is 84.1 Å². The summed E-state index contributed by atoms with van der Waals surface area (Å²) >= 11 is 0. The van der Waals surface area contributed by atoms with Crippen molar-refractivity contribution in [1.29, 1.82) is 0 Å². The van der Waals surface area contributed by atoms with E-state index < -0.39 is 0 Å². The first kappa shape index (κ1) is 22.4. The van der Waals surface area contributed by atoms with Crippen LogP contribution in [0.2, 0.25) is 0 Å². The number of aromatic nitrogens is 5. The molecule has 3 N–H and O–H groups in total. The molecule has 1 amide bonds. The van der Waals surface area contributed by atoms with E-state index in [1.807, 2.05) is 12.1 Å². The first-order valence-corrected chi connectivity index (χ1v) is 13.4. The molecule has 0 spiro atoms. The highest BCUT2D eigenvalue weighted by Crippen LogP contribution is 2.55. The molecular formula is C31H25FN6O. The first-order chi connectivity index (χ1) is 19.0. The second kappa shape index (κ2) is 8.20. The van der Waals surface area contributed by atoms with E-state index >= 15 is 0 Å². The van der Waals surface area contributed by atoms with Crippen LogP contribution in [-0.2, 0) is 4.79 Å². The van der Waals surface area contributed by atoms with Crippen LogP contribution in [0.5, 0.6) is 0 Å². The topological polar surface area (TPSA) is 99.3 Å². The van der Waals surface area contributed by atoms with Crippen LogP contribution < -0.4 is 5.32 Å². The fourth-order valence-electron chi connectivity index (χ4n) is 5.93.